The van der Waals surface area contributed by atoms with Crippen molar-refractivity contribution in [2.75, 3.05) is 13.6 Å². The largest absolute Gasteiger partial charge is 0.313 e. The summed E-state index contributed by atoms with van der Waals surface area (Å²) >= 11 is 0. The first-order valence-electron chi connectivity index (χ1n) is 6.11. The molecule has 0 aromatic heterocycles. The maximum atomic E-state index is 11.8. The number of hydrogen-bond donors (Lipinski definition) is 1. The van der Waals surface area contributed by atoms with E-state index in [4.69, 9.17) is 0 Å². The van der Waals surface area contributed by atoms with Gasteiger partial charge in [-0.25, -0.2) is 0 Å². The molecule has 0 spiro atoms. The van der Waals surface area contributed by atoms with Gasteiger partial charge in [-0.3, -0.25) is 4.79 Å². The van der Waals surface area contributed by atoms with E-state index in [1.165, 1.54) is 36.8 Å². The molecule has 0 radical (unpaired) electrons. The second-order valence-electron chi connectivity index (χ2n) is 4.50. The van der Waals surface area contributed by atoms with Crippen LogP contribution in [0.2, 0.25) is 0 Å². The Morgan fingerprint density at radius 3 is 2.69 bits per heavy atom. The van der Waals surface area contributed by atoms with Crippen LogP contribution in [0.1, 0.15) is 40.7 Å². The summed E-state index contributed by atoms with van der Waals surface area (Å²) in [5.74, 6) is 0.189. The number of carbonyl (C=O) groups excluding carboxylic acids is 1. The van der Waals surface area contributed by atoms with Crippen molar-refractivity contribution in [1.82, 2.24) is 5.32 Å². The molecule has 0 saturated heterocycles. The van der Waals surface area contributed by atoms with Crippen molar-refractivity contribution in [3.63, 3.8) is 0 Å². The predicted octanol–water partition coefficient (Wildman–Crippen LogP) is 2.36. The third-order valence-electron chi connectivity index (χ3n) is 3.26. The Balaban J connectivity index is 2.23. The van der Waals surface area contributed by atoms with Gasteiger partial charge in [0.2, 0.25) is 0 Å². The average molecular weight is 217 g/mol. The number of Topliss-reactive ketones (excluding diaryl/α,β-unsaturated/α-hetero) is 1. The number of fused-ring (bicyclic) bond motifs is 1. The molecule has 1 N–H and O–H groups in total. The summed E-state index contributed by atoms with van der Waals surface area (Å²) in [5, 5.41) is 2.91. The number of nitrogens with one attached hydrogen (secondary N) is 1. The topological polar surface area (TPSA) is 29.1 Å². The van der Waals surface area contributed by atoms with Crippen LogP contribution in [0.5, 0.6) is 0 Å². The lowest BCUT2D eigenvalue weighted by atomic mass is 9.98. The van der Waals surface area contributed by atoms with Gasteiger partial charge in [0, 0.05) is 5.56 Å². The van der Waals surface area contributed by atoms with Gasteiger partial charge in [-0.05, 0) is 49.9 Å². The van der Waals surface area contributed by atoms with Crippen LogP contribution >= 0.6 is 0 Å². The first-order chi connectivity index (χ1) is 7.81. The third kappa shape index (κ3) is 2.50. The minimum absolute atomic E-state index is 0.189. The SMILES string of the molecule is CNCC(=O)c1ccc2c(c1)CCCCC2. The van der Waals surface area contributed by atoms with Crippen molar-refractivity contribution >= 4 is 5.78 Å². The molecule has 1 aromatic rings. The highest BCUT2D eigenvalue weighted by atomic mass is 16.1. The van der Waals surface area contributed by atoms with Gasteiger partial charge in [0.1, 0.15) is 0 Å². The van der Waals surface area contributed by atoms with Gasteiger partial charge < -0.3 is 5.32 Å². The lowest BCUT2D eigenvalue weighted by Gasteiger charge is -2.08. The van der Waals surface area contributed by atoms with E-state index in [0.717, 1.165) is 12.0 Å². The minimum atomic E-state index is 0.189. The van der Waals surface area contributed by atoms with Crippen molar-refractivity contribution in [2.24, 2.45) is 0 Å². The number of benzene rings is 1. The normalized spacial score (nSPS) is 15.3. The standard InChI is InChI=1S/C14H19NO/c1-15-10-14(16)13-8-7-11-5-3-2-4-6-12(11)9-13/h7-9,15H,2-6,10H2,1H3. The van der Waals surface area contributed by atoms with Gasteiger partial charge in [0.15, 0.2) is 5.78 Å². The first-order valence-corrected chi connectivity index (χ1v) is 6.11. The summed E-state index contributed by atoms with van der Waals surface area (Å²) in [4.78, 5) is 11.8. The van der Waals surface area contributed by atoms with Gasteiger partial charge in [0.05, 0.1) is 6.54 Å². The zero-order valence-electron chi connectivity index (χ0n) is 9.88. The number of rotatable bonds is 3. The molecule has 1 aliphatic carbocycles. The van der Waals surface area contributed by atoms with Gasteiger partial charge in [-0.1, -0.05) is 18.6 Å². The number of likely N-dealkylation sites (N-methyl/N-ethyl adjacent to an activating group) is 1. The molecule has 0 saturated carbocycles. The van der Waals surface area contributed by atoms with Crippen molar-refractivity contribution in [2.45, 2.75) is 32.1 Å². The lowest BCUT2D eigenvalue weighted by molar-refractivity contribution is 0.0993. The molecule has 2 nitrogen and oxygen atoms in total. The molecule has 1 aromatic carbocycles. The van der Waals surface area contributed by atoms with Crippen molar-refractivity contribution in [1.29, 1.82) is 0 Å². The number of carbonyl (C=O) groups is 1. The summed E-state index contributed by atoms with van der Waals surface area (Å²) < 4.78 is 0. The fourth-order valence-corrected chi connectivity index (χ4v) is 2.35. The van der Waals surface area contributed by atoms with Gasteiger partial charge >= 0.3 is 0 Å². The Morgan fingerprint density at radius 2 is 1.94 bits per heavy atom. The van der Waals surface area contributed by atoms with Crippen LogP contribution in [-0.2, 0) is 12.8 Å². The van der Waals surface area contributed by atoms with Crippen molar-refractivity contribution in [3.05, 3.63) is 34.9 Å². The summed E-state index contributed by atoms with van der Waals surface area (Å²) in [6, 6.07) is 6.22. The van der Waals surface area contributed by atoms with E-state index >= 15 is 0 Å². The van der Waals surface area contributed by atoms with E-state index in [1.807, 2.05) is 6.07 Å². The monoisotopic (exact) mass is 217 g/mol. The number of aryl methyl sites for hydroxylation is 2. The molecule has 0 unspecified atom stereocenters. The third-order valence-corrected chi connectivity index (χ3v) is 3.26. The zero-order chi connectivity index (χ0) is 11.4. The Kier molecular flexibility index (Phi) is 3.73. The van der Waals surface area contributed by atoms with Crippen LogP contribution in [0.25, 0.3) is 0 Å². The lowest BCUT2D eigenvalue weighted by Crippen LogP contribution is -2.18. The number of ketones is 1. The summed E-state index contributed by atoms with van der Waals surface area (Å²) in [6.45, 7) is 0.429. The molecular formula is C14H19NO. The molecule has 0 bridgehead atoms. The van der Waals surface area contributed by atoms with Crippen LogP contribution in [0, 0.1) is 0 Å². The fourth-order valence-electron chi connectivity index (χ4n) is 2.35. The van der Waals surface area contributed by atoms with E-state index in [2.05, 4.69) is 17.4 Å². The summed E-state index contributed by atoms with van der Waals surface area (Å²) in [5.41, 5.74) is 3.69. The average Bonchev–Trinajstić information content (AvgIpc) is 2.53. The van der Waals surface area contributed by atoms with Crippen LogP contribution in [-0.4, -0.2) is 19.4 Å². The van der Waals surface area contributed by atoms with Crippen molar-refractivity contribution in [3.8, 4) is 0 Å². The molecule has 86 valence electrons. The molecular weight excluding hydrogens is 198 g/mol. The highest BCUT2D eigenvalue weighted by Gasteiger charge is 2.11. The molecule has 0 fully saturated rings. The molecule has 16 heavy (non-hydrogen) atoms. The Bertz CT molecular complexity index is 384. The maximum Gasteiger partial charge on any atom is 0.176 e. The summed E-state index contributed by atoms with van der Waals surface area (Å²) in [7, 11) is 1.81. The van der Waals surface area contributed by atoms with Gasteiger partial charge in [-0.15, -0.1) is 0 Å². The van der Waals surface area contributed by atoms with Crippen LogP contribution in [0.15, 0.2) is 18.2 Å². The molecule has 1 aliphatic rings. The van der Waals surface area contributed by atoms with E-state index < -0.39 is 0 Å². The van der Waals surface area contributed by atoms with Crippen LogP contribution < -0.4 is 5.32 Å². The second kappa shape index (κ2) is 5.26. The number of hydrogen-bond acceptors (Lipinski definition) is 2. The molecule has 0 heterocycles. The van der Waals surface area contributed by atoms with E-state index in [-0.39, 0.29) is 5.78 Å². The smallest absolute Gasteiger partial charge is 0.176 e. The minimum Gasteiger partial charge on any atom is -0.313 e. The Hall–Kier alpha value is -1.15. The van der Waals surface area contributed by atoms with Crippen LogP contribution in [0.3, 0.4) is 0 Å². The van der Waals surface area contributed by atoms with Crippen LogP contribution in [0.4, 0.5) is 0 Å². The zero-order valence-corrected chi connectivity index (χ0v) is 9.88. The van der Waals surface area contributed by atoms with E-state index in [9.17, 15) is 4.79 Å². The van der Waals surface area contributed by atoms with E-state index in [1.54, 1.807) is 7.05 Å². The Labute approximate surface area is 97.1 Å². The highest BCUT2D eigenvalue weighted by molar-refractivity contribution is 5.97. The molecule has 0 amide bonds. The molecule has 2 heteroatoms. The molecule has 0 aliphatic heterocycles. The van der Waals surface area contributed by atoms with Crippen molar-refractivity contribution < 1.29 is 4.79 Å². The first kappa shape index (κ1) is 11.3. The highest BCUT2D eigenvalue weighted by Crippen LogP contribution is 2.21. The fraction of sp³-hybridized carbons (Fsp3) is 0.500. The summed E-state index contributed by atoms with van der Waals surface area (Å²) in [6.07, 6.45) is 6.17. The molecule has 2 rings (SSSR count). The maximum absolute atomic E-state index is 11.8. The van der Waals surface area contributed by atoms with Gasteiger partial charge in [0.25, 0.3) is 0 Å². The van der Waals surface area contributed by atoms with Gasteiger partial charge in [-0.2, -0.15) is 0 Å². The molecule has 0 atom stereocenters. The quantitative estimate of drug-likeness (QED) is 0.622. The predicted molar refractivity (Wildman–Crippen MR) is 66.0 cm³/mol. The Morgan fingerprint density at radius 1 is 1.19 bits per heavy atom. The second-order valence-corrected chi connectivity index (χ2v) is 4.50. The van der Waals surface area contributed by atoms with E-state index in [0.29, 0.717) is 6.54 Å².